The van der Waals surface area contributed by atoms with Gasteiger partial charge in [-0.05, 0) is 63.3 Å². The van der Waals surface area contributed by atoms with Gasteiger partial charge in [0.05, 0.1) is 5.60 Å². The molecule has 1 heterocycles. The van der Waals surface area contributed by atoms with Crippen LogP contribution in [-0.2, 0) is 4.74 Å². The fraction of sp³-hybridized carbons (Fsp3) is 1.00. The van der Waals surface area contributed by atoms with Gasteiger partial charge in [0.2, 0.25) is 0 Å². The normalized spacial score (nSPS) is 47.2. The van der Waals surface area contributed by atoms with E-state index in [1.54, 1.807) is 0 Å². The van der Waals surface area contributed by atoms with Crippen molar-refractivity contribution in [3.63, 3.8) is 0 Å². The van der Waals surface area contributed by atoms with Crippen molar-refractivity contribution in [1.82, 2.24) is 5.32 Å². The molecule has 3 unspecified atom stereocenters. The first-order valence-corrected chi connectivity index (χ1v) is 7.03. The maximum atomic E-state index is 5.96. The highest BCUT2D eigenvalue weighted by Crippen LogP contribution is 2.62. The van der Waals surface area contributed by atoms with Crippen molar-refractivity contribution in [2.24, 2.45) is 11.3 Å². The van der Waals surface area contributed by atoms with Gasteiger partial charge in [-0.1, -0.05) is 6.92 Å². The van der Waals surface area contributed by atoms with Crippen LogP contribution in [-0.4, -0.2) is 24.8 Å². The van der Waals surface area contributed by atoms with E-state index < -0.39 is 0 Å². The summed E-state index contributed by atoms with van der Waals surface area (Å²) in [7, 11) is 0. The van der Waals surface area contributed by atoms with Gasteiger partial charge < -0.3 is 10.1 Å². The van der Waals surface area contributed by atoms with E-state index in [2.05, 4.69) is 19.2 Å². The lowest BCUT2D eigenvalue weighted by atomic mass is 9.81. The minimum atomic E-state index is 0.173. The van der Waals surface area contributed by atoms with Gasteiger partial charge in [-0.3, -0.25) is 0 Å². The van der Waals surface area contributed by atoms with Crippen LogP contribution < -0.4 is 5.32 Å². The molecule has 0 radical (unpaired) electrons. The Labute approximate surface area is 99.1 Å². The summed E-state index contributed by atoms with van der Waals surface area (Å²) in [5, 5.41) is 3.69. The van der Waals surface area contributed by atoms with Crippen LogP contribution in [0.3, 0.4) is 0 Å². The predicted molar refractivity (Wildman–Crippen MR) is 65.4 cm³/mol. The van der Waals surface area contributed by atoms with Crippen LogP contribution in [0.4, 0.5) is 0 Å². The van der Waals surface area contributed by atoms with E-state index in [1.165, 1.54) is 38.6 Å². The van der Waals surface area contributed by atoms with Gasteiger partial charge in [0.1, 0.15) is 0 Å². The summed E-state index contributed by atoms with van der Waals surface area (Å²) in [4.78, 5) is 0. The van der Waals surface area contributed by atoms with E-state index in [0.717, 1.165) is 25.0 Å². The van der Waals surface area contributed by atoms with Crippen LogP contribution in [0.5, 0.6) is 0 Å². The molecule has 0 aromatic rings. The standard InChI is InChI=1S/C14H25NO/c1-3-13(2)10-14(6-7-16-13)8-11(14)9-15-12-4-5-12/h11-12,15H,3-10H2,1-2H3. The van der Waals surface area contributed by atoms with E-state index in [1.807, 2.05) is 0 Å². The largest absolute Gasteiger partial charge is 0.375 e. The van der Waals surface area contributed by atoms with E-state index in [4.69, 9.17) is 4.74 Å². The molecule has 2 nitrogen and oxygen atoms in total. The maximum absolute atomic E-state index is 5.96. The lowest BCUT2D eigenvalue weighted by Crippen LogP contribution is -2.38. The Hall–Kier alpha value is -0.0800. The molecule has 0 amide bonds. The zero-order valence-electron chi connectivity index (χ0n) is 10.7. The molecule has 3 atom stereocenters. The van der Waals surface area contributed by atoms with Crippen molar-refractivity contribution < 1.29 is 4.74 Å². The van der Waals surface area contributed by atoms with Crippen molar-refractivity contribution in [2.45, 2.75) is 64.0 Å². The quantitative estimate of drug-likeness (QED) is 0.791. The fourth-order valence-electron chi connectivity index (χ4n) is 3.45. The van der Waals surface area contributed by atoms with Crippen molar-refractivity contribution in [3.05, 3.63) is 0 Å². The molecule has 2 heteroatoms. The Balaban J connectivity index is 1.54. The van der Waals surface area contributed by atoms with Gasteiger partial charge in [0.15, 0.2) is 0 Å². The summed E-state index contributed by atoms with van der Waals surface area (Å²) in [6.07, 6.45) is 8.04. The Morgan fingerprint density at radius 1 is 1.38 bits per heavy atom. The molecule has 2 aliphatic carbocycles. The number of hydrogen-bond donors (Lipinski definition) is 1. The lowest BCUT2D eigenvalue weighted by molar-refractivity contribution is -0.0963. The van der Waals surface area contributed by atoms with Crippen LogP contribution in [0.25, 0.3) is 0 Å². The Kier molecular flexibility index (Phi) is 2.56. The van der Waals surface area contributed by atoms with Crippen LogP contribution in [0.15, 0.2) is 0 Å². The first kappa shape index (κ1) is 11.0. The zero-order chi connectivity index (χ0) is 11.2. The molecule has 1 aliphatic heterocycles. The minimum Gasteiger partial charge on any atom is -0.375 e. The predicted octanol–water partition coefficient (Wildman–Crippen LogP) is 2.72. The second-order valence-electron chi connectivity index (χ2n) is 6.52. The third-order valence-electron chi connectivity index (χ3n) is 5.11. The molecular formula is C14H25NO. The number of rotatable bonds is 4. The first-order valence-electron chi connectivity index (χ1n) is 7.03. The second-order valence-corrected chi connectivity index (χ2v) is 6.52. The lowest BCUT2D eigenvalue weighted by Gasteiger charge is -2.39. The third kappa shape index (κ3) is 2.02. The molecular weight excluding hydrogens is 198 g/mol. The van der Waals surface area contributed by atoms with E-state index in [0.29, 0.717) is 5.41 Å². The summed E-state index contributed by atoms with van der Waals surface area (Å²) in [5.74, 6) is 0.947. The average molecular weight is 223 g/mol. The molecule has 16 heavy (non-hydrogen) atoms. The van der Waals surface area contributed by atoms with Crippen LogP contribution in [0.1, 0.15) is 52.4 Å². The second kappa shape index (κ2) is 3.71. The molecule has 1 N–H and O–H groups in total. The van der Waals surface area contributed by atoms with Gasteiger partial charge in [-0.15, -0.1) is 0 Å². The average Bonchev–Trinajstić information content (AvgIpc) is 3.14. The fourth-order valence-corrected chi connectivity index (χ4v) is 3.45. The highest BCUT2D eigenvalue weighted by atomic mass is 16.5. The highest BCUT2D eigenvalue weighted by Gasteiger charge is 2.57. The van der Waals surface area contributed by atoms with Crippen molar-refractivity contribution in [1.29, 1.82) is 0 Å². The molecule has 92 valence electrons. The summed E-state index contributed by atoms with van der Waals surface area (Å²) in [6, 6.07) is 0.870. The SMILES string of the molecule is CCC1(C)CC2(CCO1)CC2CNC1CC1. The summed E-state index contributed by atoms with van der Waals surface area (Å²) in [6.45, 7) is 6.82. The molecule has 0 bridgehead atoms. The van der Waals surface area contributed by atoms with Crippen LogP contribution in [0, 0.1) is 11.3 Å². The Morgan fingerprint density at radius 2 is 2.19 bits per heavy atom. The number of hydrogen-bond acceptors (Lipinski definition) is 2. The zero-order valence-corrected chi connectivity index (χ0v) is 10.7. The van der Waals surface area contributed by atoms with Gasteiger partial charge >= 0.3 is 0 Å². The minimum absolute atomic E-state index is 0.173. The van der Waals surface area contributed by atoms with E-state index in [9.17, 15) is 0 Å². The highest BCUT2D eigenvalue weighted by molar-refractivity contribution is 5.08. The Morgan fingerprint density at radius 3 is 2.88 bits per heavy atom. The van der Waals surface area contributed by atoms with Crippen molar-refractivity contribution >= 4 is 0 Å². The van der Waals surface area contributed by atoms with Crippen molar-refractivity contribution in [2.75, 3.05) is 13.2 Å². The summed E-state index contributed by atoms with van der Waals surface area (Å²) in [5.41, 5.74) is 0.831. The molecule has 1 spiro atoms. The van der Waals surface area contributed by atoms with Crippen LogP contribution >= 0.6 is 0 Å². The molecule has 1 saturated heterocycles. The third-order valence-corrected chi connectivity index (χ3v) is 5.11. The van der Waals surface area contributed by atoms with E-state index in [-0.39, 0.29) is 5.60 Å². The monoisotopic (exact) mass is 223 g/mol. The number of ether oxygens (including phenoxy) is 1. The van der Waals surface area contributed by atoms with Gasteiger partial charge in [-0.2, -0.15) is 0 Å². The molecule has 2 saturated carbocycles. The summed E-state index contributed by atoms with van der Waals surface area (Å²) >= 11 is 0. The van der Waals surface area contributed by atoms with Gasteiger partial charge in [-0.25, -0.2) is 0 Å². The number of nitrogens with one attached hydrogen (secondary N) is 1. The smallest absolute Gasteiger partial charge is 0.0657 e. The molecule has 3 aliphatic rings. The Bertz CT molecular complexity index is 276. The molecule has 3 rings (SSSR count). The first-order chi connectivity index (χ1) is 7.66. The van der Waals surface area contributed by atoms with Crippen LogP contribution in [0.2, 0.25) is 0 Å². The topological polar surface area (TPSA) is 21.3 Å². The molecule has 0 aromatic carbocycles. The molecule has 3 fully saturated rings. The molecule has 0 aromatic heterocycles. The van der Waals surface area contributed by atoms with Gasteiger partial charge in [0.25, 0.3) is 0 Å². The van der Waals surface area contributed by atoms with Gasteiger partial charge in [0, 0.05) is 12.6 Å². The summed E-state index contributed by atoms with van der Waals surface area (Å²) < 4.78 is 5.96. The van der Waals surface area contributed by atoms with E-state index >= 15 is 0 Å². The maximum Gasteiger partial charge on any atom is 0.0657 e. The van der Waals surface area contributed by atoms with Crippen molar-refractivity contribution in [3.8, 4) is 0 Å².